The van der Waals surface area contributed by atoms with E-state index in [0.717, 1.165) is 12.8 Å². The standard InChI is InChI=1S/C8H14ClF5S/c1-2-3-4-5-6-8(9)7-15(10,11,12,13)14/h7H,2-6H2,1H3/b8-7+. The molecule has 0 aliphatic rings. The fraction of sp³-hybridized carbons (Fsp3) is 0.750. The van der Waals surface area contributed by atoms with Crippen molar-refractivity contribution in [3.8, 4) is 0 Å². The molecule has 0 heterocycles. The van der Waals surface area contributed by atoms with Gasteiger partial charge in [-0.05, 0) is 12.8 Å². The maximum Gasteiger partial charge on any atom is 0.305 e. The molecule has 94 valence electrons. The van der Waals surface area contributed by atoms with E-state index in [2.05, 4.69) is 0 Å². The average Bonchev–Trinajstić information content (AvgIpc) is 1.91. The van der Waals surface area contributed by atoms with E-state index in [1.165, 1.54) is 0 Å². The molecule has 0 fully saturated rings. The lowest BCUT2D eigenvalue weighted by Crippen LogP contribution is -2.00. The number of hydrogen-bond donors (Lipinski definition) is 0. The monoisotopic (exact) mass is 272 g/mol. The Morgan fingerprint density at radius 3 is 2.00 bits per heavy atom. The SMILES string of the molecule is CCCCCC/C(Cl)=C\S(F)(F)(F)(F)F. The molecule has 0 aromatic rings. The minimum atomic E-state index is -9.47. The summed E-state index contributed by atoms with van der Waals surface area (Å²) in [6.07, 6.45) is 2.73. The van der Waals surface area contributed by atoms with Gasteiger partial charge in [0.15, 0.2) is 0 Å². The predicted octanol–water partition coefficient (Wildman–Crippen LogP) is 6.34. The van der Waals surface area contributed by atoms with E-state index in [1.54, 1.807) is 0 Å². The van der Waals surface area contributed by atoms with Gasteiger partial charge in [-0.1, -0.05) is 57.2 Å². The molecular formula is C8H14ClF5S. The third kappa shape index (κ3) is 12.0. The molecule has 0 rings (SSSR count). The van der Waals surface area contributed by atoms with Crippen LogP contribution in [0.15, 0.2) is 10.4 Å². The molecule has 0 nitrogen and oxygen atoms in total. The Bertz CT molecular complexity index is 241. The molecule has 0 unspecified atom stereocenters. The summed E-state index contributed by atoms with van der Waals surface area (Å²) < 4.78 is 59.4. The molecule has 0 saturated heterocycles. The lowest BCUT2D eigenvalue weighted by Gasteiger charge is -2.37. The minimum Gasteiger partial charge on any atom is -0.0941 e. The first-order valence-corrected chi connectivity index (χ1v) is 6.94. The Morgan fingerprint density at radius 2 is 1.60 bits per heavy atom. The van der Waals surface area contributed by atoms with Crippen LogP contribution in [0.4, 0.5) is 19.4 Å². The number of unbranched alkanes of at least 4 members (excludes halogenated alkanes) is 3. The summed E-state index contributed by atoms with van der Waals surface area (Å²) in [7, 11) is -9.47. The van der Waals surface area contributed by atoms with Crippen molar-refractivity contribution in [1.82, 2.24) is 0 Å². The van der Waals surface area contributed by atoms with Gasteiger partial charge in [0.05, 0.1) is 5.41 Å². The zero-order valence-corrected chi connectivity index (χ0v) is 9.86. The van der Waals surface area contributed by atoms with E-state index < -0.39 is 20.7 Å². The van der Waals surface area contributed by atoms with Gasteiger partial charge in [0.25, 0.3) is 0 Å². The van der Waals surface area contributed by atoms with Crippen molar-refractivity contribution in [2.45, 2.75) is 39.0 Å². The molecule has 0 spiro atoms. The van der Waals surface area contributed by atoms with Crippen LogP contribution < -0.4 is 0 Å². The highest BCUT2D eigenvalue weighted by Crippen LogP contribution is 2.99. The van der Waals surface area contributed by atoms with Gasteiger partial charge in [-0.2, -0.15) is 0 Å². The normalized spacial score (nSPS) is 18.5. The van der Waals surface area contributed by atoms with Crippen molar-refractivity contribution < 1.29 is 19.4 Å². The smallest absolute Gasteiger partial charge is 0.0941 e. The van der Waals surface area contributed by atoms with Crippen LogP contribution in [0.3, 0.4) is 0 Å². The van der Waals surface area contributed by atoms with Crippen molar-refractivity contribution in [1.29, 1.82) is 0 Å². The zero-order valence-electron chi connectivity index (χ0n) is 8.29. The van der Waals surface area contributed by atoms with Crippen LogP contribution in [-0.2, 0) is 0 Å². The number of rotatable bonds is 6. The quantitative estimate of drug-likeness (QED) is 0.391. The first-order chi connectivity index (χ1) is 6.43. The summed E-state index contributed by atoms with van der Waals surface area (Å²) >= 11 is 5.11. The molecule has 0 amide bonds. The minimum absolute atomic E-state index is 0.146. The highest BCUT2D eigenvalue weighted by Gasteiger charge is 2.61. The van der Waals surface area contributed by atoms with Gasteiger partial charge in [0, 0.05) is 5.03 Å². The van der Waals surface area contributed by atoms with Crippen LogP contribution in [0.2, 0.25) is 0 Å². The van der Waals surface area contributed by atoms with Crippen molar-refractivity contribution in [3.05, 3.63) is 10.4 Å². The first kappa shape index (κ1) is 15.0. The van der Waals surface area contributed by atoms with E-state index in [1.807, 2.05) is 6.92 Å². The number of allylic oxidation sites excluding steroid dienone is 1. The Kier molecular flexibility index (Phi) is 4.13. The first-order valence-electron chi connectivity index (χ1n) is 4.55. The Labute approximate surface area is 91.2 Å². The fourth-order valence-electron chi connectivity index (χ4n) is 1.02. The summed E-state index contributed by atoms with van der Waals surface area (Å²) in [4.78, 5) is 0. The Balaban J connectivity index is 4.23. The Morgan fingerprint density at radius 1 is 1.07 bits per heavy atom. The maximum absolute atomic E-state index is 11.9. The second-order valence-corrected chi connectivity index (χ2v) is 6.18. The van der Waals surface area contributed by atoms with Gasteiger partial charge in [0.2, 0.25) is 0 Å². The molecule has 7 heteroatoms. The van der Waals surface area contributed by atoms with Gasteiger partial charge in [-0.25, -0.2) is 0 Å². The topological polar surface area (TPSA) is 0 Å². The van der Waals surface area contributed by atoms with Crippen LogP contribution in [0.5, 0.6) is 0 Å². The van der Waals surface area contributed by atoms with Crippen molar-refractivity contribution >= 4 is 21.8 Å². The molecule has 0 saturated carbocycles. The van der Waals surface area contributed by atoms with Crippen LogP contribution in [0.25, 0.3) is 0 Å². The van der Waals surface area contributed by atoms with E-state index in [0.29, 0.717) is 12.8 Å². The van der Waals surface area contributed by atoms with Crippen molar-refractivity contribution in [3.63, 3.8) is 0 Å². The van der Waals surface area contributed by atoms with E-state index in [-0.39, 0.29) is 6.42 Å². The average molecular weight is 273 g/mol. The second kappa shape index (κ2) is 4.13. The fourth-order valence-corrected chi connectivity index (χ4v) is 2.26. The Hall–Kier alpha value is 0.0300. The van der Waals surface area contributed by atoms with E-state index >= 15 is 0 Å². The molecule has 0 atom stereocenters. The highest BCUT2D eigenvalue weighted by molar-refractivity contribution is 8.48. The molecule has 15 heavy (non-hydrogen) atoms. The van der Waals surface area contributed by atoms with Gasteiger partial charge in [0.1, 0.15) is 0 Å². The van der Waals surface area contributed by atoms with Gasteiger partial charge < -0.3 is 0 Å². The molecule has 0 aliphatic carbocycles. The third-order valence-corrected chi connectivity index (χ3v) is 2.78. The highest BCUT2D eigenvalue weighted by atomic mass is 35.5. The van der Waals surface area contributed by atoms with Gasteiger partial charge >= 0.3 is 10.2 Å². The molecule has 0 bridgehead atoms. The lowest BCUT2D eigenvalue weighted by molar-refractivity contribution is 0.384. The summed E-state index contributed by atoms with van der Waals surface area (Å²) in [5.74, 6) is 0. The van der Waals surface area contributed by atoms with Crippen LogP contribution >= 0.6 is 21.8 Å². The van der Waals surface area contributed by atoms with Crippen molar-refractivity contribution in [2.75, 3.05) is 0 Å². The van der Waals surface area contributed by atoms with Crippen LogP contribution in [0.1, 0.15) is 39.0 Å². The zero-order chi connectivity index (χ0) is 12.2. The van der Waals surface area contributed by atoms with E-state index in [4.69, 9.17) is 11.6 Å². The van der Waals surface area contributed by atoms with Crippen LogP contribution in [0, 0.1) is 0 Å². The molecular weight excluding hydrogens is 259 g/mol. The summed E-state index contributed by atoms with van der Waals surface area (Å²) in [5, 5.41) is -1.82. The third-order valence-electron chi connectivity index (χ3n) is 1.62. The predicted molar refractivity (Wildman–Crippen MR) is 55.8 cm³/mol. The van der Waals surface area contributed by atoms with Crippen molar-refractivity contribution in [2.24, 2.45) is 0 Å². The maximum atomic E-state index is 11.9. The number of hydrogen-bond acceptors (Lipinski definition) is 0. The van der Waals surface area contributed by atoms with E-state index in [9.17, 15) is 19.4 Å². The molecule has 0 aliphatic heterocycles. The summed E-state index contributed by atoms with van der Waals surface area (Å²) in [5.41, 5.74) is 0. The summed E-state index contributed by atoms with van der Waals surface area (Å²) in [6.45, 7) is 1.94. The number of halogens is 6. The molecule has 0 aromatic carbocycles. The molecule has 0 aromatic heterocycles. The van der Waals surface area contributed by atoms with Gasteiger partial charge in [-0.3, -0.25) is 0 Å². The lowest BCUT2D eigenvalue weighted by atomic mass is 10.1. The van der Waals surface area contributed by atoms with Crippen LogP contribution in [-0.4, -0.2) is 0 Å². The second-order valence-electron chi connectivity index (χ2n) is 3.40. The largest absolute Gasteiger partial charge is 0.305 e. The summed E-state index contributed by atoms with van der Waals surface area (Å²) in [6, 6.07) is 0. The van der Waals surface area contributed by atoms with Gasteiger partial charge in [-0.15, -0.1) is 0 Å². The molecule has 0 radical (unpaired) electrons. The molecule has 0 N–H and O–H groups in total.